The maximum absolute atomic E-state index is 11.2. The zero-order valence-corrected chi connectivity index (χ0v) is 8.60. The summed E-state index contributed by atoms with van der Waals surface area (Å²) >= 11 is 0. The van der Waals surface area contributed by atoms with E-state index in [4.69, 9.17) is 4.74 Å². The quantitative estimate of drug-likeness (QED) is 0.604. The van der Waals surface area contributed by atoms with Crippen molar-refractivity contribution in [3.05, 3.63) is 12.2 Å². The average molecular weight is 170 g/mol. The van der Waals surface area contributed by atoms with E-state index in [1.165, 1.54) is 0 Å². The lowest BCUT2D eigenvalue weighted by Gasteiger charge is -2.31. The van der Waals surface area contributed by atoms with Gasteiger partial charge >= 0.3 is 0 Å². The average Bonchev–Trinajstić information content (AvgIpc) is 1.86. The maximum atomic E-state index is 11.2. The molecule has 0 aliphatic carbocycles. The van der Waals surface area contributed by atoms with Crippen molar-refractivity contribution in [2.75, 3.05) is 7.11 Å². The summed E-state index contributed by atoms with van der Waals surface area (Å²) in [6.45, 7) is 11.0. The molecule has 0 aromatic heterocycles. The second-order valence-electron chi connectivity index (χ2n) is 3.74. The van der Waals surface area contributed by atoms with Crippen LogP contribution >= 0.6 is 0 Å². The lowest BCUT2D eigenvalue weighted by atomic mass is 9.80. The number of methoxy groups -OCH3 is 1. The van der Waals surface area contributed by atoms with Crippen molar-refractivity contribution in [3.63, 3.8) is 0 Å². The summed E-state index contributed by atoms with van der Waals surface area (Å²) in [7, 11) is 1.60. The lowest BCUT2D eigenvalue weighted by Crippen LogP contribution is -2.37. The van der Waals surface area contributed by atoms with Crippen LogP contribution in [0.4, 0.5) is 0 Å². The largest absolute Gasteiger partial charge is 0.376 e. The molecule has 70 valence electrons. The highest BCUT2D eigenvalue weighted by atomic mass is 16.5. The van der Waals surface area contributed by atoms with Crippen LogP contribution in [0.5, 0.6) is 0 Å². The number of ether oxygens (including phenoxy) is 1. The predicted molar refractivity (Wildman–Crippen MR) is 50.1 cm³/mol. The molecule has 0 saturated heterocycles. The molecule has 1 unspecified atom stereocenters. The summed E-state index contributed by atoms with van der Waals surface area (Å²) in [5, 5.41) is 0. The third-order valence-electron chi connectivity index (χ3n) is 2.25. The molecule has 0 fully saturated rings. The number of Topliss-reactive ketones (excluding diaryl/α,β-unsaturated/α-hetero) is 1. The molecule has 0 aliphatic heterocycles. The fourth-order valence-corrected chi connectivity index (χ4v) is 1.30. The topological polar surface area (TPSA) is 26.3 Å². The molecule has 0 radical (unpaired) electrons. The van der Waals surface area contributed by atoms with Gasteiger partial charge in [0, 0.05) is 7.11 Å². The molecule has 0 aromatic carbocycles. The van der Waals surface area contributed by atoms with E-state index in [2.05, 4.69) is 6.58 Å². The van der Waals surface area contributed by atoms with Gasteiger partial charge in [0.25, 0.3) is 0 Å². The van der Waals surface area contributed by atoms with Crippen LogP contribution in [0.1, 0.15) is 27.7 Å². The van der Waals surface area contributed by atoms with Crippen molar-refractivity contribution in [1.29, 1.82) is 0 Å². The molecule has 0 aliphatic rings. The summed E-state index contributed by atoms with van der Waals surface area (Å²) in [6.07, 6.45) is -0.185. The number of hydrogen-bond donors (Lipinski definition) is 0. The van der Waals surface area contributed by atoms with Gasteiger partial charge in [-0.1, -0.05) is 26.0 Å². The Morgan fingerprint density at radius 3 is 1.92 bits per heavy atom. The first kappa shape index (κ1) is 11.4. The van der Waals surface area contributed by atoms with Gasteiger partial charge in [-0.3, -0.25) is 4.79 Å². The van der Waals surface area contributed by atoms with Crippen LogP contribution in [0.25, 0.3) is 0 Å². The first-order valence-corrected chi connectivity index (χ1v) is 4.03. The van der Waals surface area contributed by atoms with Crippen molar-refractivity contribution in [2.45, 2.75) is 33.8 Å². The lowest BCUT2D eigenvalue weighted by molar-refractivity contribution is -0.130. The minimum atomic E-state index is -0.472. The van der Waals surface area contributed by atoms with Crippen molar-refractivity contribution in [3.8, 4) is 0 Å². The Kier molecular flexibility index (Phi) is 3.65. The molecule has 0 rings (SSSR count). The third kappa shape index (κ3) is 2.18. The molecule has 0 bridgehead atoms. The van der Waals surface area contributed by atoms with Gasteiger partial charge < -0.3 is 4.74 Å². The summed E-state index contributed by atoms with van der Waals surface area (Å²) in [4.78, 5) is 11.2. The van der Waals surface area contributed by atoms with Crippen LogP contribution < -0.4 is 0 Å². The number of carbonyl (C=O) groups excluding carboxylic acids is 1. The minimum Gasteiger partial charge on any atom is -0.376 e. The Hall–Kier alpha value is -0.630. The Bertz CT molecular complexity index is 192. The molecule has 2 nitrogen and oxygen atoms in total. The highest BCUT2D eigenvalue weighted by Crippen LogP contribution is 2.28. The summed E-state index contributed by atoms with van der Waals surface area (Å²) in [6, 6.07) is 0. The predicted octanol–water partition coefficient (Wildman–Crippen LogP) is 2.19. The van der Waals surface area contributed by atoms with Crippen LogP contribution in [0.2, 0.25) is 0 Å². The Morgan fingerprint density at radius 2 is 1.83 bits per heavy atom. The van der Waals surface area contributed by atoms with Crippen molar-refractivity contribution in [1.82, 2.24) is 0 Å². The van der Waals surface area contributed by atoms with E-state index in [1.54, 1.807) is 14.0 Å². The maximum Gasteiger partial charge on any atom is 0.138 e. The number of rotatable bonds is 4. The Labute approximate surface area is 74.6 Å². The molecular weight excluding hydrogens is 152 g/mol. The smallest absolute Gasteiger partial charge is 0.138 e. The molecule has 0 amide bonds. The van der Waals surface area contributed by atoms with Gasteiger partial charge in [0.15, 0.2) is 0 Å². The van der Waals surface area contributed by atoms with Crippen LogP contribution in [0, 0.1) is 5.41 Å². The fraction of sp³-hybridized carbons (Fsp3) is 0.700. The van der Waals surface area contributed by atoms with Crippen molar-refractivity contribution in [2.24, 2.45) is 5.41 Å². The van der Waals surface area contributed by atoms with E-state index in [9.17, 15) is 4.79 Å². The van der Waals surface area contributed by atoms with Crippen LogP contribution in [-0.4, -0.2) is 19.0 Å². The molecule has 0 spiro atoms. The summed E-state index contributed by atoms with van der Waals surface area (Å²) in [5.41, 5.74) is 0.415. The molecule has 1 atom stereocenters. The van der Waals surface area contributed by atoms with Gasteiger partial charge in [-0.15, -0.1) is 0 Å². The molecule has 0 N–H and O–H groups in total. The molecular formula is C10H18O2. The monoisotopic (exact) mass is 170 g/mol. The normalized spacial score (nSPS) is 14.1. The zero-order valence-electron chi connectivity index (χ0n) is 8.60. The standard InChI is InChI=1S/C10H18O2/c1-7(2)9(12-6)10(4,5)8(3)11/h9H,1H2,2-6H3. The first-order valence-electron chi connectivity index (χ1n) is 4.03. The Morgan fingerprint density at radius 1 is 1.42 bits per heavy atom. The SMILES string of the molecule is C=C(C)C(OC)C(C)(C)C(C)=O. The van der Waals surface area contributed by atoms with E-state index in [0.717, 1.165) is 5.57 Å². The van der Waals surface area contributed by atoms with Gasteiger partial charge in [-0.2, -0.15) is 0 Å². The fourth-order valence-electron chi connectivity index (χ4n) is 1.30. The summed E-state index contributed by atoms with van der Waals surface area (Å²) < 4.78 is 5.22. The molecule has 0 heterocycles. The third-order valence-corrected chi connectivity index (χ3v) is 2.25. The molecule has 12 heavy (non-hydrogen) atoms. The van der Waals surface area contributed by atoms with Crippen molar-refractivity contribution >= 4 is 5.78 Å². The first-order chi connectivity index (χ1) is 5.34. The number of hydrogen-bond acceptors (Lipinski definition) is 2. The van der Waals surface area contributed by atoms with Crippen LogP contribution in [0.15, 0.2) is 12.2 Å². The van der Waals surface area contributed by atoms with E-state index < -0.39 is 5.41 Å². The second-order valence-corrected chi connectivity index (χ2v) is 3.74. The van der Waals surface area contributed by atoms with Gasteiger partial charge in [-0.05, 0) is 13.8 Å². The number of carbonyl (C=O) groups is 1. The van der Waals surface area contributed by atoms with Gasteiger partial charge in [0.2, 0.25) is 0 Å². The van der Waals surface area contributed by atoms with E-state index in [-0.39, 0.29) is 11.9 Å². The van der Waals surface area contributed by atoms with E-state index in [1.807, 2.05) is 20.8 Å². The summed E-state index contributed by atoms with van der Waals surface area (Å²) in [5.74, 6) is 0.123. The molecule has 0 saturated carbocycles. The van der Waals surface area contributed by atoms with Gasteiger partial charge in [0.1, 0.15) is 5.78 Å². The molecule has 0 aromatic rings. The van der Waals surface area contributed by atoms with E-state index >= 15 is 0 Å². The van der Waals surface area contributed by atoms with Gasteiger partial charge in [-0.25, -0.2) is 0 Å². The zero-order chi connectivity index (χ0) is 9.94. The highest BCUT2D eigenvalue weighted by molar-refractivity contribution is 5.82. The highest BCUT2D eigenvalue weighted by Gasteiger charge is 2.34. The van der Waals surface area contributed by atoms with Crippen LogP contribution in [0.3, 0.4) is 0 Å². The minimum absolute atomic E-state index is 0.123. The van der Waals surface area contributed by atoms with E-state index in [0.29, 0.717) is 0 Å². The van der Waals surface area contributed by atoms with Crippen molar-refractivity contribution < 1.29 is 9.53 Å². The number of ketones is 1. The van der Waals surface area contributed by atoms with Crippen LogP contribution in [-0.2, 0) is 9.53 Å². The second kappa shape index (κ2) is 3.85. The molecule has 2 heteroatoms. The Balaban J connectivity index is 4.71. The van der Waals surface area contributed by atoms with Gasteiger partial charge in [0.05, 0.1) is 11.5 Å².